The van der Waals surface area contributed by atoms with Crippen molar-refractivity contribution in [2.75, 3.05) is 4.90 Å². The lowest BCUT2D eigenvalue weighted by atomic mass is 9.85. The maximum atomic E-state index is 10.9. The van der Waals surface area contributed by atoms with Crippen molar-refractivity contribution >= 4 is 17.2 Å². The molecule has 4 nitrogen and oxygen atoms in total. The monoisotopic (exact) mass is 651 g/mol. The van der Waals surface area contributed by atoms with Crippen LogP contribution in [0.3, 0.4) is 0 Å². The van der Waals surface area contributed by atoms with E-state index in [2.05, 4.69) is 124 Å². The number of nitrogens with zero attached hydrogens (tertiary/aromatic N) is 3. The number of pyridine rings is 2. The van der Waals surface area contributed by atoms with Crippen molar-refractivity contribution in [3.8, 4) is 39.4 Å². The van der Waals surface area contributed by atoms with Crippen LogP contribution in [0.2, 0.25) is 0 Å². The number of phenols is 1. The Bertz CT molecular complexity index is 2220. The lowest BCUT2D eigenvalue weighted by Crippen LogP contribution is -2.15. The molecule has 4 heteroatoms. The van der Waals surface area contributed by atoms with E-state index in [0.29, 0.717) is 11.3 Å². The van der Waals surface area contributed by atoms with Crippen molar-refractivity contribution < 1.29 is 5.11 Å². The predicted molar refractivity (Wildman–Crippen MR) is 207 cm³/mol. The van der Waals surface area contributed by atoms with E-state index in [1.54, 1.807) is 6.07 Å². The van der Waals surface area contributed by atoms with Crippen LogP contribution < -0.4 is 4.90 Å². The number of aryl methyl sites for hydroxylation is 1. The number of phenolic OH excluding ortho intramolecular Hbond substituents is 1. The van der Waals surface area contributed by atoms with Gasteiger partial charge < -0.3 is 5.11 Å². The second-order valence-electron chi connectivity index (χ2n) is 13.9. The number of rotatable bonds is 8. The molecule has 246 valence electrons. The molecule has 0 amide bonds. The summed E-state index contributed by atoms with van der Waals surface area (Å²) in [5, 5.41) is 10.9. The zero-order chi connectivity index (χ0) is 34.7. The minimum absolute atomic E-state index is 0.143. The maximum Gasteiger partial charge on any atom is 0.137 e. The summed E-state index contributed by atoms with van der Waals surface area (Å²) in [6.07, 6.45) is 2.71. The van der Waals surface area contributed by atoms with Crippen molar-refractivity contribution in [1.29, 1.82) is 0 Å². The molecule has 7 rings (SSSR count). The average molecular weight is 652 g/mol. The number of aromatic hydroxyl groups is 1. The first-order valence-electron chi connectivity index (χ1n) is 17.1. The second kappa shape index (κ2) is 13.9. The largest absolute Gasteiger partial charge is 0.507 e. The molecular weight excluding hydrogens is 611 g/mol. The molecule has 0 atom stereocenters. The van der Waals surface area contributed by atoms with E-state index < -0.39 is 0 Å². The first kappa shape index (κ1) is 32.5. The molecule has 0 saturated carbocycles. The van der Waals surface area contributed by atoms with Gasteiger partial charge in [0.05, 0.1) is 11.4 Å². The van der Waals surface area contributed by atoms with Gasteiger partial charge in [-0.2, -0.15) is 0 Å². The van der Waals surface area contributed by atoms with Crippen LogP contribution in [0.1, 0.15) is 43.0 Å². The molecule has 7 aromatic rings. The summed E-state index contributed by atoms with van der Waals surface area (Å²) < 4.78 is 0. The van der Waals surface area contributed by atoms with E-state index in [0.717, 1.165) is 46.0 Å². The van der Waals surface area contributed by atoms with Gasteiger partial charge in [-0.05, 0) is 113 Å². The highest BCUT2D eigenvalue weighted by molar-refractivity contribution is 5.82. The normalized spacial score (nSPS) is 11.4. The van der Waals surface area contributed by atoms with Gasteiger partial charge in [0.25, 0.3) is 0 Å². The number of hydrogen-bond acceptors (Lipinski definition) is 4. The Labute approximate surface area is 295 Å². The third-order valence-corrected chi connectivity index (χ3v) is 9.05. The Morgan fingerprint density at radius 3 is 1.92 bits per heavy atom. The summed E-state index contributed by atoms with van der Waals surface area (Å²) in [5.74, 6) is 1.03. The zero-order valence-electron chi connectivity index (χ0n) is 29.0. The van der Waals surface area contributed by atoms with Gasteiger partial charge in [0.2, 0.25) is 0 Å². The van der Waals surface area contributed by atoms with Gasteiger partial charge in [-0.25, -0.2) is 9.97 Å². The van der Waals surface area contributed by atoms with Gasteiger partial charge in [0, 0.05) is 28.7 Å². The van der Waals surface area contributed by atoms with Crippen LogP contribution in [0.15, 0.2) is 158 Å². The van der Waals surface area contributed by atoms with E-state index in [4.69, 9.17) is 9.97 Å². The van der Waals surface area contributed by atoms with Crippen molar-refractivity contribution in [2.24, 2.45) is 0 Å². The lowest BCUT2D eigenvalue weighted by molar-refractivity contribution is 0.477. The van der Waals surface area contributed by atoms with Gasteiger partial charge in [-0.1, -0.05) is 111 Å². The SMILES string of the molecule is Cc1ccc(Cc2ccc(N(c3cc(-c4cc(-c5ccccc5)cc(-c5ccccc5O)n4)cc(C(C)(C)C)c3)c3ccccn3)cc2)cc1. The standard InChI is InChI=1S/C46H41N3O/c1-32-17-19-33(20-18-32)26-34-21-23-39(24-22-34)49(45-16-10-11-25-47-45)40-28-37(27-38(31-40)46(2,3)4)42-29-36(35-12-6-5-7-13-35)30-43(48-42)41-14-8-9-15-44(41)50/h5-25,27-31,50H,26H2,1-4H3. The molecule has 0 aliphatic heterocycles. The molecule has 2 aromatic heterocycles. The summed E-state index contributed by atoms with van der Waals surface area (Å²) in [6.45, 7) is 8.83. The fourth-order valence-corrected chi connectivity index (χ4v) is 6.23. The van der Waals surface area contributed by atoms with Crippen LogP contribution in [0.4, 0.5) is 17.2 Å². The van der Waals surface area contributed by atoms with E-state index in [1.165, 1.54) is 22.3 Å². The van der Waals surface area contributed by atoms with E-state index in [9.17, 15) is 5.11 Å². The van der Waals surface area contributed by atoms with E-state index in [-0.39, 0.29) is 11.2 Å². The molecule has 0 unspecified atom stereocenters. The number of anilines is 3. The number of hydrogen-bond donors (Lipinski definition) is 1. The average Bonchev–Trinajstić information content (AvgIpc) is 3.14. The quantitative estimate of drug-likeness (QED) is 0.178. The Balaban J connectivity index is 1.38. The third-order valence-electron chi connectivity index (χ3n) is 9.05. The summed E-state index contributed by atoms with van der Waals surface area (Å²) in [4.78, 5) is 12.2. The molecular formula is C46H41N3O. The predicted octanol–water partition coefficient (Wildman–Crippen LogP) is 11.8. The molecule has 5 aromatic carbocycles. The van der Waals surface area contributed by atoms with Gasteiger partial charge >= 0.3 is 0 Å². The number of benzene rings is 5. The van der Waals surface area contributed by atoms with Crippen LogP contribution in [-0.2, 0) is 11.8 Å². The fourth-order valence-electron chi connectivity index (χ4n) is 6.23. The Morgan fingerprint density at radius 1 is 0.580 bits per heavy atom. The molecule has 0 aliphatic carbocycles. The van der Waals surface area contributed by atoms with Crippen molar-refractivity contribution in [1.82, 2.24) is 9.97 Å². The molecule has 1 N–H and O–H groups in total. The first-order valence-corrected chi connectivity index (χ1v) is 17.1. The van der Waals surface area contributed by atoms with Crippen molar-refractivity contribution in [3.63, 3.8) is 0 Å². The minimum atomic E-state index is -0.143. The van der Waals surface area contributed by atoms with Crippen LogP contribution >= 0.6 is 0 Å². The zero-order valence-corrected chi connectivity index (χ0v) is 29.0. The molecule has 0 fully saturated rings. The molecule has 0 radical (unpaired) electrons. The van der Waals surface area contributed by atoms with Crippen molar-refractivity contribution in [3.05, 3.63) is 180 Å². The molecule has 2 heterocycles. The van der Waals surface area contributed by atoms with Crippen LogP contribution in [0, 0.1) is 6.92 Å². The third kappa shape index (κ3) is 7.20. The van der Waals surface area contributed by atoms with Crippen LogP contribution in [0.5, 0.6) is 5.75 Å². The van der Waals surface area contributed by atoms with E-state index in [1.807, 2.05) is 60.8 Å². The number of aromatic nitrogens is 2. The molecule has 0 spiro atoms. The Hall–Kier alpha value is -6.00. The van der Waals surface area contributed by atoms with Gasteiger partial charge in [0.1, 0.15) is 11.6 Å². The van der Waals surface area contributed by atoms with Crippen molar-refractivity contribution in [2.45, 2.75) is 39.5 Å². The lowest BCUT2D eigenvalue weighted by Gasteiger charge is -2.28. The van der Waals surface area contributed by atoms with Crippen LogP contribution in [0.25, 0.3) is 33.6 Å². The molecule has 50 heavy (non-hydrogen) atoms. The van der Waals surface area contributed by atoms with Gasteiger partial charge in [-0.3, -0.25) is 4.90 Å². The smallest absolute Gasteiger partial charge is 0.137 e. The van der Waals surface area contributed by atoms with Gasteiger partial charge in [-0.15, -0.1) is 0 Å². The van der Waals surface area contributed by atoms with Crippen LogP contribution in [-0.4, -0.2) is 15.1 Å². The molecule has 0 aliphatic rings. The highest BCUT2D eigenvalue weighted by atomic mass is 16.3. The highest BCUT2D eigenvalue weighted by Gasteiger charge is 2.22. The summed E-state index contributed by atoms with van der Waals surface area (Å²) in [7, 11) is 0. The second-order valence-corrected chi connectivity index (χ2v) is 13.9. The Morgan fingerprint density at radius 2 is 1.24 bits per heavy atom. The highest BCUT2D eigenvalue weighted by Crippen LogP contribution is 2.40. The fraction of sp³-hybridized carbons (Fsp3) is 0.130. The first-order chi connectivity index (χ1) is 24.2. The number of para-hydroxylation sites is 1. The van der Waals surface area contributed by atoms with Gasteiger partial charge in [0.15, 0.2) is 0 Å². The molecule has 0 bridgehead atoms. The molecule has 0 saturated heterocycles. The van der Waals surface area contributed by atoms with E-state index >= 15 is 0 Å². The summed E-state index contributed by atoms with van der Waals surface area (Å²) in [5.41, 5.74) is 12.2. The summed E-state index contributed by atoms with van der Waals surface area (Å²) >= 11 is 0. The Kier molecular flexibility index (Phi) is 9.02. The maximum absolute atomic E-state index is 10.9. The summed E-state index contributed by atoms with van der Waals surface area (Å²) in [6, 6.07) is 52.2. The minimum Gasteiger partial charge on any atom is -0.507 e. The topological polar surface area (TPSA) is 49.2 Å².